The molecule has 0 aliphatic heterocycles. The normalized spacial score (nSPS) is 11.0. The predicted molar refractivity (Wildman–Crippen MR) is 77.4 cm³/mol. The van der Waals surface area contributed by atoms with E-state index < -0.39 is 4.92 Å². The molecule has 1 aromatic heterocycles. The molecule has 0 aliphatic rings. The number of aryl methyl sites for hydroxylation is 1. The van der Waals surface area contributed by atoms with Gasteiger partial charge in [-0.05, 0) is 12.5 Å². The lowest BCUT2D eigenvalue weighted by molar-refractivity contribution is -0.384. The molecule has 2 rings (SSSR count). The molecule has 2 aromatic rings. The molecule has 6 heteroatoms. The number of hydrogen-bond acceptors (Lipinski definition) is 4. The second-order valence-corrected chi connectivity index (χ2v) is 5.05. The third kappa shape index (κ3) is 3.21. The molecule has 0 amide bonds. The number of non-ortho nitro benzene ring substituents is 1. The summed E-state index contributed by atoms with van der Waals surface area (Å²) in [7, 11) is 0. The van der Waals surface area contributed by atoms with Gasteiger partial charge in [-0.15, -0.1) is 0 Å². The molecule has 1 heterocycles. The molecule has 0 spiro atoms. The second-order valence-electron chi connectivity index (χ2n) is 5.05. The molecule has 1 aromatic carbocycles. The van der Waals surface area contributed by atoms with Gasteiger partial charge in [-0.25, -0.2) is 4.98 Å². The van der Waals surface area contributed by atoms with Gasteiger partial charge in [0.2, 0.25) is 0 Å². The summed E-state index contributed by atoms with van der Waals surface area (Å²) in [4.78, 5) is 18.0. The maximum Gasteiger partial charge on any atom is 0.270 e. The van der Waals surface area contributed by atoms with E-state index in [0.29, 0.717) is 18.4 Å². The Kier molecular flexibility index (Phi) is 4.14. The number of aromatic nitrogens is 2. The predicted octanol–water partition coefficient (Wildman–Crippen LogP) is 2.79. The summed E-state index contributed by atoms with van der Waals surface area (Å²) in [6.45, 7) is 6.75. The van der Waals surface area contributed by atoms with E-state index in [9.17, 15) is 10.1 Å². The van der Waals surface area contributed by atoms with Crippen molar-refractivity contribution in [3.8, 4) is 11.4 Å². The molecule has 0 fully saturated rings. The number of H-pyrrole nitrogens is 1. The smallest absolute Gasteiger partial charge is 0.270 e. The molecular formula is C14H18N4O2. The van der Waals surface area contributed by atoms with Crippen LogP contribution in [-0.2, 0) is 6.54 Å². The van der Waals surface area contributed by atoms with Gasteiger partial charge in [0.25, 0.3) is 5.69 Å². The van der Waals surface area contributed by atoms with Crippen LogP contribution in [0.5, 0.6) is 0 Å². The number of nitro groups is 1. The van der Waals surface area contributed by atoms with Crippen molar-refractivity contribution in [2.75, 3.05) is 0 Å². The van der Waals surface area contributed by atoms with Crippen LogP contribution in [-0.4, -0.2) is 20.9 Å². The number of nitrogens with one attached hydrogen (secondary N) is 2. The first kappa shape index (κ1) is 14.2. The summed E-state index contributed by atoms with van der Waals surface area (Å²) in [6.07, 6.45) is 1.75. The average Bonchev–Trinajstić information content (AvgIpc) is 2.85. The largest absolute Gasteiger partial charge is 0.341 e. The van der Waals surface area contributed by atoms with E-state index in [2.05, 4.69) is 29.1 Å². The second kappa shape index (κ2) is 5.83. The highest BCUT2D eigenvalue weighted by atomic mass is 16.6. The van der Waals surface area contributed by atoms with Gasteiger partial charge in [-0.2, -0.15) is 0 Å². The zero-order valence-electron chi connectivity index (χ0n) is 11.8. The van der Waals surface area contributed by atoms with Crippen molar-refractivity contribution in [3.05, 3.63) is 45.8 Å². The van der Waals surface area contributed by atoms with Gasteiger partial charge in [0.15, 0.2) is 0 Å². The highest BCUT2D eigenvalue weighted by molar-refractivity contribution is 5.63. The molecule has 20 heavy (non-hydrogen) atoms. The van der Waals surface area contributed by atoms with E-state index >= 15 is 0 Å². The quantitative estimate of drug-likeness (QED) is 0.648. The van der Waals surface area contributed by atoms with Crippen molar-refractivity contribution in [2.45, 2.75) is 33.4 Å². The number of nitro benzene ring substituents is 1. The first-order valence-electron chi connectivity index (χ1n) is 6.50. The lowest BCUT2D eigenvalue weighted by Gasteiger charge is -2.05. The number of nitrogens with zero attached hydrogens (tertiary/aromatic N) is 2. The van der Waals surface area contributed by atoms with Crippen LogP contribution in [0.15, 0.2) is 24.4 Å². The standard InChI is InChI=1S/C14H18N4O2/c1-9(2)15-7-11-8-16-14(17-11)13-6-12(18(19)20)5-4-10(13)3/h4-6,8-9,15H,7H2,1-3H3,(H,16,17). The number of rotatable bonds is 5. The van der Waals surface area contributed by atoms with Crippen molar-refractivity contribution >= 4 is 5.69 Å². The van der Waals surface area contributed by atoms with Crippen molar-refractivity contribution in [2.24, 2.45) is 0 Å². The molecular weight excluding hydrogens is 256 g/mol. The van der Waals surface area contributed by atoms with Gasteiger partial charge in [-0.1, -0.05) is 19.9 Å². The fraction of sp³-hybridized carbons (Fsp3) is 0.357. The molecule has 0 unspecified atom stereocenters. The monoisotopic (exact) mass is 274 g/mol. The molecule has 0 radical (unpaired) electrons. The fourth-order valence-electron chi connectivity index (χ4n) is 1.88. The van der Waals surface area contributed by atoms with E-state index in [0.717, 1.165) is 16.8 Å². The van der Waals surface area contributed by atoms with Gasteiger partial charge in [0.1, 0.15) is 5.82 Å². The molecule has 106 valence electrons. The van der Waals surface area contributed by atoms with Gasteiger partial charge in [0.05, 0.1) is 4.92 Å². The van der Waals surface area contributed by atoms with Crippen LogP contribution in [0.1, 0.15) is 25.1 Å². The van der Waals surface area contributed by atoms with Gasteiger partial charge in [-0.3, -0.25) is 10.1 Å². The minimum Gasteiger partial charge on any atom is -0.341 e. The molecule has 0 saturated carbocycles. The van der Waals surface area contributed by atoms with Crippen LogP contribution in [0, 0.1) is 17.0 Å². The van der Waals surface area contributed by atoms with Crippen LogP contribution < -0.4 is 5.32 Å². The van der Waals surface area contributed by atoms with E-state index in [1.54, 1.807) is 18.3 Å². The summed E-state index contributed by atoms with van der Waals surface area (Å²) in [5, 5.41) is 14.1. The Labute approximate surface area is 117 Å². The number of benzene rings is 1. The molecule has 0 aliphatic carbocycles. The third-order valence-corrected chi connectivity index (χ3v) is 3.02. The molecule has 0 bridgehead atoms. The van der Waals surface area contributed by atoms with Gasteiger partial charge < -0.3 is 10.3 Å². The third-order valence-electron chi connectivity index (χ3n) is 3.02. The summed E-state index contributed by atoms with van der Waals surface area (Å²) in [5.74, 6) is 0.659. The van der Waals surface area contributed by atoms with E-state index in [1.807, 2.05) is 6.92 Å². The van der Waals surface area contributed by atoms with E-state index in [-0.39, 0.29) is 5.69 Å². The summed E-state index contributed by atoms with van der Waals surface area (Å²) >= 11 is 0. The van der Waals surface area contributed by atoms with Crippen LogP contribution >= 0.6 is 0 Å². The average molecular weight is 274 g/mol. The number of hydrogen-bond donors (Lipinski definition) is 2. The van der Waals surface area contributed by atoms with Crippen molar-refractivity contribution in [1.82, 2.24) is 15.3 Å². The Bertz CT molecular complexity index is 619. The Hall–Kier alpha value is -2.21. The Morgan fingerprint density at radius 2 is 2.20 bits per heavy atom. The minimum absolute atomic E-state index is 0.0730. The molecule has 0 saturated heterocycles. The van der Waals surface area contributed by atoms with Crippen LogP contribution in [0.3, 0.4) is 0 Å². The van der Waals surface area contributed by atoms with Gasteiger partial charge >= 0.3 is 0 Å². The van der Waals surface area contributed by atoms with Crippen molar-refractivity contribution < 1.29 is 4.92 Å². The van der Waals surface area contributed by atoms with E-state index in [4.69, 9.17) is 0 Å². The SMILES string of the molecule is Cc1ccc([N+](=O)[O-])cc1-c1ncc(CNC(C)C)[nH]1. The highest BCUT2D eigenvalue weighted by Crippen LogP contribution is 2.25. The zero-order valence-corrected chi connectivity index (χ0v) is 11.8. The topological polar surface area (TPSA) is 83.8 Å². The van der Waals surface area contributed by atoms with E-state index in [1.165, 1.54) is 6.07 Å². The molecule has 2 N–H and O–H groups in total. The fourth-order valence-corrected chi connectivity index (χ4v) is 1.88. The summed E-state index contributed by atoms with van der Waals surface area (Å²) in [6, 6.07) is 5.18. The van der Waals surface area contributed by atoms with Crippen LogP contribution in [0.2, 0.25) is 0 Å². The number of imidazole rings is 1. The maximum atomic E-state index is 10.8. The molecule has 6 nitrogen and oxygen atoms in total. The zero-order chi connectivity index (χ0) is 14.7. The summed E-state index contributed by atoms with van der Waals surface area (Å²) in [5.41, 5.74) is 2.74. The highest BCUT2D eigenvalue weighted by Gasteiger charge is 2.12. The van der Waals surface area contributed by atoms with Crippen LogP contribution in [0.4, 0.5) is 5.69 Å². The van der Waals surface area contributed by atoms with Gasteiger partial charge in [0, 0.05) is 42.2 Å². The number of aromatic amines is 1. The first-order chi connectivity index (χ1) is 9.47. The Morgan fingerprint density at radius 3 is 2.85 bits per heavy atom. The minimum atomic E-state index is -0.396. The van der Waals surface area contributed by atoms with Crippen molar-refractivity contribution in [3.63, 3.8) is 0 Å². The maximum absolute atomic E-state index is 10.8. The Morgan fingerprint density at radius 1 is 1.45 bits per heavy atom. The molecule has 0 atom stereocenters. The summed E-state index contributed by atoms with van der Waals surface area (Å²) < 4.78 is 0. The lowest BCUT2D eigenvalue weighted by atomic mass is 10.1. The van der Waals surface area contributed by atoms with Crippen molar-refractivity contribution in [1.29, 1.82) is 0 Å². The Balaban J connectivity index is 2.27. The van der Waals surface area contributed by atoms with Crippen LogP contribution in [0.25, 0.3) is 11.4 Å². The lowest BCUT2D eigenvalue weighted by Crippen LogP contribution is -2.21. The first-order valence-corrected chi connectivity index (χ1v) is 6.50.